The van der Waals surface area contributed by atoms with Crippen LogP contribution >= 0.6 is 12.2 Å². The fourth-order valence-corrected chi connectivity index (χ4v) is 4.23. The van der Waals surface area contributed by atoms with E-state index in [1.165, 1.54) is 5.56 Å². The van der Waals surface area contributed by atoms with Gasteiger partial charge in [0.1, 0.15) is 0 Å². The van der Waals surface area contributed by atoms with Crippen LogP contribution < -0.4 is 19.7 Å². The summed E-state index contributed by atoms with van der Waals surface area (Å²) >= 11 is 5.70. The maximum atomic E-state index is 6.52. The maximum Gasteiger partial charge on any atom is 0.188 e. The molecule has 2 aromatic rings. The average molecular weight is 354 g/mol. The van der Waals surface area contributed by atoms with Crippen molar-refractivity contribution < 1.29 is 9.47 Å². The molecule has 4 nitrogen and oxygen atoms in total. The summed E-state index contributed by atoms with van der Waals surface area (Å²) in [7, 11) is 0. The minimum Gasteiger partial charge on any atom is -0.490 e. The maximum absolute atomic E-state index is 6.52. The number of nitrogens with zero attached hydrogens (tertiary/aromatic N) is 1. The van der Waals surface area contributed by atoms with E-state index in [1.807, 2.05) is 25.1 Å². The van der Waals surface area contributed by atoms with Crippen molar-refractivity contribution in [3.63, 3.8) is 0 Å². The number of para-hydroxylation sites is 1. The first-order chi connectivity index (χ1) is 12.0. The second-order valence-electron chi connectivity index (χ2n) is 6.77. The van der Waals surface area contributed by atoms with Gasteiger partial charge in [-0.25, -0.2) is 0 Å². The van der Waals surface area contributed by atoms with Gasteiger partial charge in [0.2, 0.25) is 0 Å². The Morgan fingerprint density at radius 1 is 1.32 bits per heavy atom. The van der Waals surface area contributed by atoms with Crippen LogP contribution in [0.15, 0.2) is 42.5 Å². The molecule has 0 aliphatic carbocycles. The normalized spacial score (nSPS) is 24.2. The monoisotopic (exact) mass is 354 g/mol. The fourth-order valence-electron chi connectivity index (χ4n) is 3.79. The van der Waals surface area contributed by atoms with E-state index in [2.05, 4.69) is 48.3 Å². The van der Waals surface area contributed by atoms with Gasteiger partial charge in [0, 0.05) is 17.7 Å². The number of rotatable bonds is 3. The molecule has 0 radical (unpaired) electrons. The molecule has 2 aromatic carbocycles. The van der Waals surface area contributed by atoms with Crippen LogP contribution in [0.1, 0.15) is 37.4 Å². The molecular weight excluding hydrogens is 332 g/mol. The Morgan fingerprint density at radius 2 is 2.12 bits per heavy atom. The number of fused-ring (bicyclic) bond motifs is 4. The second-order valence-corrected chi connectivity index (χ2v) is 7.15. The van der Waals surface area contributed by atoms with E-state index in [9.17, 15) is 0 Å². The van der Waals surface area contributed by atoms with Crippen LogP contribution in [0.2, 0.25) is 0 Å². The molecule has 1 fully saturated rings. The van der Waals surface area contributed by atoms with Gasteiger partial charge in [-0.15, -0.1) is 0 Å². The number of nitrogens with one attached hydrogen (secondary N) is 1. The van der Waals surface area contributed by atoms with Gasteiger partial charge in [-0.05, 0) is 56.8 Å². The molecule has 0 aromatic heterocycles. The molecule has 130 valence electrons. The number of benzene rings is 2. The standard InChI is InChI=1S/C20H22N2O2S/c1-4-23-17-10-6-9-15-16-12-20(3,24-18(15)17)22(19(25)21-16)14-8-5-7-13(2)11-14/h5-11,16H,4,12H2,1-3H3,(H,21,25). The highest BCUT2D eigenvalue weighted by molar-refractivity contribution is 7.80. The molecule has 25 heavy (non-hydrogen) atoms. The zero-order valence-corrected chi connectivity index (χ0v) is 15.5. The van der Waals surface area contributed by atoms with Crippen LogP contribution in [0, 0.1) is 6.92 Å². The van der Waals surface area contributed by atoms with Gasteiger partial charge in [0.25, 0.3) is 0 Å². The van der Waals surface area contributed by atoms with Crippen molar-refractivity contribution in [1.29, 1.82) is 0 Å². The number of thiocarbonyl (C=S) groups is 1. The Kier molecular flexibility index (Phi) is 3.84. The van der Waals surface area contributed by atoms with Crippen molar-refractivity contribution in [2.75, 3.05) is 11.5 Å². The highest BCUT2D eigenvalue weighted by Crippen LogP contribution is 2.49. The highest BCUT2D eigenvalue weighted by atomic mass is 32.1. The first-order valence-corrected chi connectivity index (χ1v) is 9.05. The lowest BCUT2D eigenvalue weighted by Crippen LogP contribution is -2.65. The van der Waals surface area contributed by atoms with Crippen LogP contribution in [-0.4, -0.2) is 17.4 Å². The van der Waals surface area contributed by atoms with E-state index < -0.39 is 5.72 Å². The molecule has 0 amide bonds. The van der Waals surface area contributed by atoms with Crippen molar-refractivity contribution in [2.24, 2.45) is 0 Å². The highest BCUT2D eigenvalue weighted by Gasteiger charge is 2.49. The van der Waals surface area contributed by atoms with Gasteiger partial charge in [-0.2, -0.15) is 0 Å². The van der Waals surface area contributed by atoms with Crippen molar-refractivity contribution in [2.45, 2.75) is 39.0 Å². The molecule has 2 aliphatic rings. The number of hydrogen-bond donors (Lipinski definition) is 1. The van der Waals surface area contributed by atoms with E-state index in [0.29, 0.717) is 11.7 Å². The molecule has 2 aliphatic heterocycles. The van der Waals surface area contributed by atoms with Gasteiger partial charge in [0.15, 0.2) is 22.3 Å². The van der Waals surface area contributed by atoms with E-state index in [0.717, 1.165) is 29.2 Å². The third kappa shape index (κ3) is 2.63. The molecule has 2 bridgehead atoms. The van der Waals surface area contributed by atoms with Crippen LogP contribution in [-0.2, 0) is 0 Å². The Bertz CT molecular complexity index is 838. The third-order valence-electron chi connectivity index (χ3n) is 4.82. The van der Waals surface area contributed by atoms with Crippen LogP contribution in [0.3, 0.4) is 0 Å². The van der Waals surface area contributed by atoms with Crippen molar-refractivity contribution >= 4 is 23.0 Å². The summed E-state index contributed by atoms with van der Waals surface area (Å²) < 4.78 is 12.3. The first kappa shape index (κ1) is 16.2. The molecule has 1 N–H and O–H groups in total. The van der Waals surface area contributed by atoms with Gasteiger partial charge in [0.05, 0.1) is 12.6 Å². The minimum atomic E-state index is -0.555. The van der Waals surface area contributed by atoms with Gasteiger partial charge in [-0.3, -0.25) is 4.90 Å². The first-order valence-electron chi connectivity index (χ1n) is 8.64. The van der Waals surface area contributed by atoms with E-state index in [1.54, 1.807) is 0 Å². The molecule has 2 unspecified atom stereocenters. The van der Waals surface area contributed by atoms with E-state index in [-0.39, 0.29) is 6.04 Å². The van der Waals surface area contributed by atoms with Gasteiger partial charge >= 0.3 is 0 Å². The molecule has 2 atom stereocenters. The number of hydrogen-bond acceptors (Lipinski definition) is 3. The summed E-state index contributed by atoms with van der Waals surface area (Å²) in [6.45, 7) is 6.77. The number of aryl methyl sites for hydroxylation is 1. The largest absolute Gasteiger partial charge is 0.490 e. The molecule has 1 saturated heterocycles. The SMILES string of the molecule is CCOc1cccc2c1OC1(C)CC2NC(=S)N1c1cccc(C)c1. The molecule has 0 spiro atoms. The Labute approximate surface area is 153 Å². The lowest BCUT2D eigenvalue weighted by Gasteiger charge is -2.52. The summed E-state index contributed by atoms with van der Waals surface area (Å²) in [4.78, 5) is 2.08. The molecule has 0 saturated carbocycles. The summed E-state index contributed by atoms with van der Waals surface area (Å²) in [5.74, 6) is 1.60. The molecular formula is C20H22N2O2S. The predicted molar refractivity (Wildman–Crippen MR) is 103 cm³/mol. The minimum absolute atomic E-state index is 0.128. The van der Waals surface area contributed by atoms with Crippen molar-refractivity contribution in [3.8, 4) is 11.5 Å². The number of anilines is 1. The lowest BCUT2D eigenvalue weighted by molar-refractivity contribution is 0.0457. The third-order valence-corrected chi connectivity index (χ3v) is 5.12. The predicted octanol–water partition coefficient (Wildman–Crippen LogP) is 4.33. The van der Waals surface area contributed by atoms with Crippen LogP contribution in [0.5, 0.6) is 11.5 Å². The van der Waals surface area contributed by atoms with Gasteiger partial charge < -0.3 is 14.8 Å². The zero-order chi connectivity index (χ0) is 17.6. The Balaban J connectivity index is 1.81. The average Bonchev–Trinajstić information content (AvgIpc) is 2.55. The van der Waals surface area contributed by atoms with Crippen LogP contribution in [0.4, 0.5) is 5.69 Å². The van der Waals surface area contributed by atoms with Crippen molar-refractivity contribution in [3.05, 3.63) is 53.6 Å². The summed E-state index contributed by atoms with van der Waals surface area (Å²) in [5, 5.41) is 4.18. The smallest absolute Gasteiger partial charge is 0.188 e. The quantitative estimate of drug-likeness (QED) is 0.830. The Morgan fingerprint density at radius 3 is 2.88 bits per heavy atom. The van der Waals surface area contributed by atoms with E-state index in [4.69, 9.17) is 21.7 Å². The molecule has 4 rings (SSSR count). The lowest BCUT2D eigenvalue weighted by atomic mass is 9.90. The second kappa shape index (κ2) is 5.92. The topological polar surface area (TPSA) is 33.7 Å². The zero-order valence-electron chi connectivity index (χ0n) is 14.7. The Hall–Kier alpha value is -2.27. The fraction of sp³-hybridized carbons (Fsp3) is 0.350. The van der Waals surface area contributed by atoms with Crippen LogP contribution in [0.25, 0.3) is 0 Å². The summed E-state index contributed by atoms with van der Waals surface area (Å²) in [6.07, 6.45) is 0.809. The van der Waals surface area contributed by atoms with Crippen molar-refractivity contribution in [1.82, 2.24) is 5.32 Å². The molecule has 2 heterocycles. The summed E-state index contributed by atoms with van der Waals surface area (Å²) in [5.41, 5.74) is 2.78. The van der Waals surface area contributed by atoms with E-state index >= 15 is 0 Å². The number of ether oxygens (including phenoxy) is 2. The molecule has 5 heteroatoms. The summed E-state index contributed by atoms with van der Waals surface area (Å²) in [6, 6.07) is 14.5. The van der Waals surface area contributed by atoms with Gasteiger partial charge in [-0.1, -0.05) is 24.3 Å².